The summed E-state index contributed by atoms with van der Waals surface area (Å²) in [6, 6.07) is 9.93. The fourth-order valence-corrected chi connectivity index (χ4v) is 2.90. The Hall–Kier alpha value is -2.30. The minimum absolute atomic E-state index is 0.353. The number of aromatic nitrogens is 1. The van der Waals surface area contributed by atoms with Crippen molar-refractivity contribution in [1.29, 1.82) is 0 Å². The van der Waals surface area contributed by atoms with E-state index < -0.39 is 0 Å². The SMILES string of the molecule is CN=C(NCc1coc(-c2ccccc2)n1)N1CCC(C)(C)C1. The first kappa shape index (κ1) is 15.6. The quantitative estimate of drug-likeness (QED) is 0.699. The summed E-state index contributed by atoms with van der Waals surface area (Å²) in [5.41, 5.74) is 2.22. The maximum absolute atomic E-state index is 5.57. The second-order valence-electron chi connectivity index (χ2n) is 6.75. The van der Waals surface area contributed by atoms with Crippen LogP contribution in [0.5, 0.6) is 0 Å². The van der Waals surface area contributed by atoms with Gasteiger partial charge < -0.3 is 14.6 Å². The number of nitrogens with zero attached hydrogens (tertiary/aromatic N) is 3. The highest BCUT2D eigenvalue weighted by Gasteiger charge is 2.30. The molecule has 1 aromatic carbocycles. The molecular weight excluding hydrogens is 288 g/mol. The van der Waals surface area contributed by atoms with E-state index >= 15 is 0 Å². The summed E-state index contributed by atoms with van der Waals surface area (Å²) < 4.78 is 5.57. The Morgan fingerprint density at radius 1 is 1.35 bits per heavy atom. The fourth-order valence-electron chi connectivity index (χ4n) is 2.90. The van der Waals surface area contributed by atoms with Crippen LogP contribution in [0.4, 0.5) is 0 Å². The van der Waals surface area contributed by atoms with Crippen molar-refractivity contribution in [3.8, 4) is 11.5 Å². The normalized spacial score (nSPS) is 17.5. The van der Waals surface area contributed by atoms with Gasteiger partial charge in [0.2, 0.25) is 5.89 Å². The van der Waals surface area contributed by atoms with Gasteiger partial charge in [0.05, 0.1) is 12.2 Å². The van der Waals surface area contributed by atoms with E-state index in [0.717, 1.165) is 30.3 Å². The number of benzene rings is 1. The molecule has 3 rings (SSSR count). The summed E-state index contributed by atoms with van der Waals surface area (Å²) in [7, 11) is 1.83. The molecule has 1 fully saturated rings. The maximum Gasteiger partial charge on any atom is 0.226 e. The molecule has 0 saturated carbocycles. The Morgan fingerprint density at radius 2 is 2.13 bits per heavy atom. The summed E-state index contributed by atoms with van der Waals surface area (Å²) in [4.78, 5) is 11.2. The van der Waals surface area contributed by atoms with E-state index in [0.29, 0.717) is 17.9 Å². The van der Waals surface area contributed by atoms with Crippen molar-refractivity contribution >= 4 is 5.96 Å². The lowest BCUT2D eigenvalue weighted by atomic mass is 9.93. The lowest BCUT2D eigenvalue weighted by Gasteiger charge is -2.23. The van der Waals surface area contributed by atoms with Crippen LogP contribution in [0.2, 0.25) is 0 Å². The van der Waals surface area contributed by atoms with Gasteiger partial charge in [-0.2, -0.15) is 0 Å². The fraction of sp³-hybridized carbons (Fsp3) is 0.444. The number of guanidine groups is 1. The third-order valence-electron chi connectivity index (χ3n) is 4.19. The van der Waals surface area contributed by atoms with E-state index in [4.69, 9.17) is 4.42 Å². The zero-order valence-electron chi connectivity index (χ0n) is 14.0. The molecule has 1 aromatic heterocycles. The van der Waals surface area contributed by atoms with Crippen LogP contribution in [0.25, 0.3) is 11.5 Å². The second kappa shape index (κ2) is 6.44. The third kappa shape index (κ3) is 3.73. The zero-order chi connectivity index (χ0) is 16.3. The van der Waals surface area contributed by atoms with Gasteiger partial charge in [-0.3, -0.25) is 4.99 Å². The van der Waals surface area contributed by atoms with E-state index in [9.17, 15) is 0 Å². The van der Waals surface area contributed by atoms with Crippen molar-refractivity contribution in [3.05, 3.63) is 42.3 Å². The first-order valence-corrected chi connectivity index (χ1v) is 8.03. The van der Waals surface area contributed by atoms with Crippen LogP contribution in [0.1, 0.15) is 26.0 Å². The van der Waals surface area contributed by atoms with Crippen molar-refractivity contribution in [3.63, 3.8) is 0 Å². The van der Waals surface area contributed by atoms with Crippen molar-refractivity contribution in [2.24, 2.45) is 10.4 Å². The highest BCUT2D eigenvalue weighted by molar-refractivity contribution is 5.80. The van der Waals surface area contributed by atoms with Crippen LogP contribution in [-0.2, 0) is 6.54 Å². The van der Waals surface area contributed by atoms with Crippen molar-refractivity contribution < 1.29 is 4.42 Å². The van der Waals surface area contributed by atoms with Gasteiger partial charge in [0.15, 0.2) is 5.96 Å². The molecule has 2 aromatic rings. The van der Waals surface area contributed by atoms with E-state index in [-0.39, 0.29) is 0 Å². The van der Waals surface area contributed by atoms with Crippen LogP contribution in [0.3, 0.4) is 0 Å². The predicted molar refractivity (Wildman–Crippen MR) is 92.1 cm³/mol. The van der Waals surface area contributed by atoms with Gasteiger partial charge in [-0.25, -0.2) is 4.98 Å². The Balaban J connectivity index is 1.61. The van der Waals surface area contributed by atoms with Gasteiger partial charge in [-0.15, -0.1) is 0 Å². The smallest absolute Gasteiger partial charge is 0.226 e. The Labute approximate surface area is 137 Å². The van der Waals surface area contributed by atoms with Gasteiger partial charge in [0.1, 0.15) is 6.26 Å². The molecule has 2 heterocycles. The summed E-state index contributed by atoms with van der Waals surface area (Å²) in [5, 5.41) is 3.38. The molecule has 0 bridgehead atoms. The number of hydrogen-bond acceptors (Lipinski definition) is 3. The topological polar surface area (TPSA) is 53.7 Å². The third-order valence-corrected chi connectivity index (χ3v) is 4.19. The molecule has 5 heteroatoms. The van der Waals surface area contributed by atoms with Crippen LogP contribution >= 0.6 is 0 Å². The summed E-state index contributed by atoms with van der Waals surface area (Å²) in [6.45, 7) is 7.27. The van der Waals surface area contributed by atoms with Gasteiger partial charge in [0, 0.05) is 25.7 Å². The van der Waals surface area contributed by atoms with Crippen LogP contribution in [0, 0.1) is 5.41 Å². The predicted octanol–water partition coefficient (Wildman–Crippen LogP) is 3.15. The summed E-state index contributed by atoms with van der Waals surface area (Å²) in [6.07, 6.45) is 2.90. The van der Waals surface area contributed by atoms with Crippen LogP contribution < -0.4 is 5.32 Å². The van der Waals surface area contributed by atoms with Crippen LogP contribution in [-0.4, -0.2) is 36.0 Å². The number of hydrogen-bond donors (Lipinski definition) is 1. The number of likely N-dealkylation sites (tertiary alicyclic amines) is 1. The molecule has 0 atom stereocenters. The first-order chi connectivity index (χ1) is 11.1. The van der Waals surface area contributed by atoms with Gasteiger partial charge in [0.25, 0.3) is 0 Å². The van der Waals surface area contributed by atoms with Crippen molar-refractivity contribution in [1.82, 2.24) is 15.2 Å². The lowest BCUT2D eigenvalue weighted by molar-refractivity contribution is 0.370. The number of rotatable bonds is 3. The average molecular weight is 312 g/mol. The Morgan fingerprint density at radius 3 is 2.78 bits per heavy atom. The van der Waals surface area contributed by atoms with Crippen molar-refractivity contribution in [2.75, 3.05) is 20.1 Å². The maximum atomic E-state index is 5.57. The molecule has 23 heavy (non-hydrogen) atoms. The van der Waals surface area contributed by atoms with Crippen LogP contribution in [0.15, 0.2) is 46.0 Å². The van der Waals surface area contributed by atoms with Gasteiger partial charge in [-0.1, -0.05) is 32.0 Å². The highest BCUT2D eigenvalue weighted by atomic mass is 16.3. The second-order valence-corrected chi connectivity index (χ2v) is 6.75. The summed E-state index contributed by atoms with van der Waals surface area (Å²) in [5.74, 6) is 1.58. The summed E-state index contributed by atoms with van der Waals surface area (Å²) >= 11 is 0. The van der Waals surface area contributed by atoms with Gasteiger partial charge in [-0.05, 0) is 24.0 Å². The van der Waals surface area contributed by atoms with E-state index in [1.165, 1.54) is 6.42 Å². The van der Waals surface area contributed by atoms with E-state index in [1.807, 2.05) is 37.4 Å². The zero-order valence-corrected chi connectivity index (χ0v) is 14.0. The lowest BCUT2D eigenvalue weighted by Crippen LogP contribution is -2.40. The molecule has 0 unspecified atom stereocenters. The number of nitrogens with one attached hydrogen (secondary N) is 1. The molecular formula is C18H24N4O. The molecule has 0 radical (unpaired) electrons. The molecule has 1 N–H and O–H groups in total. The van der Waals surface area contributed by atoms with E-state index in [2.05, 4.69) is 34.0 Å². The first-order valence-electron chi connectivity index (χ1n) is 8.03. The largest absolute Gasteiger partial charge is 0.444 e. The average Bonchev–Trinajstić information content (AvgIpc) is 3.16. The Bertz CT molecular complexity index is 675. The molecule has 0 spiro atoms. The monoisotopic (exact) mass is 312 g/mol. The molecule has 1 aliphatic rings. The Kier molecular flexibility index (Phi) is 4.37. The minimum Gasteiger partial charge on any atom is -0.444 e. The molecule has 0 aliphatic carbocycles. The van der Waals surface area contributed by atoms with Gasteiger partial charge >= 0.3 is 0 Å². The molecule has 5 nitrogen and oxygen atoms in total. The molecule has 0 amide bonds. The van der Waals surface area contributed by atoms with E-state index in [1.54, 1.807) is 6.26 Å². The minimum atomic E-state index is 0.353. The van der Waals surface area contributed by atoms with Crippen molar-refractivity contribution in [2.45, 2.75) is 26.8 Å². The standard InChI is InChI=1S/C18H24N4O/c1-18(2)9-10-22(13-18)17(19-3)20-11-15-12-23-16(21-15)14-7-5-4-6-8-14/h4-8,12H,9-11,13H2,1-3H3,(H,19,20). The number of oxazole rings is 1. The molecule has 1 aliphatic heterocycles. The number of aliphatic imine (C=N–C) groups is 1. The highest BCUT2D eigenvalue weighted by Crippen LogP contribution is 2.28. The molecule has 122 valence electrons. The molecule has 1 saturated heterocycles.